The van der Waals surface area contributed by atoms with Crippen LogP contribution in [0.5, 0.6) is 0 Å². The molecule has 0 saturated carbocycles. The fourth-order valence-electron chi connectivity index (χ4n) is 2.68. The van der Waals surface area contributed by atoms with Gasteiger partial charge in [0, 0.05) is 24.7 Å². The fraction of sp³-hybridized carbons (Fsp3) is 0.562. The van der Waals surface area contributed by atoms with Crippen molar-refractivity contribution < 1.29 is 4.79 Å². The number of aryl methyl sites for hydroxylation is 2. The topological polar surface area (TPSA) is 46.3 Å². The largest absolute Gasteiger partial charge is 0.338 e. The second-order valence-electron chi connectivity index (χ2n) is 6.43. The van der Waals surface area contributed by atoms with E-state index < -0.39 is 0 Å². The molecule has 2 rings (SSSR count). The Morgan fingerprint density at radius 2 is 2.00 bits per heavy atom. The highest BCUT2D eigenvalue weighted by Crippen LogP contribution is 2.29. The molecule has 20 heavy (non-hydrogen) atoms. The molecule has 4 heteroatoms. The molecule has 1 amide bonds. The normalized spacial score (nSPS) is 21.2. The van der Waals surface area contributed by atoms with Gasteiger partial charge in [0.05, 0.1) is 0 Å². The average molecular weight is 297 g/mol. The zero-order valence-electron chi connectivity index (χ0n) is 12.8. The molecule has 1 saturated heterocycles. The van der Waals surface area contributed by atoms with E-state index in [2.05, 4.69) is 13.8 Å². The van der Waals surface area contributed by atoms with Crippen LogP contribution < -0.4 is 5.73 Å². The number of carbonyl (C=O) groups is 1. The van der Waals surface area contributed by atoms with E-state index in [1.165, 1.54) is 0 Å². The third-order valence-electron chi connectivity index (χ3n) is 4.22. The first-order valence-electron chi connectivity index (χ1n) is 6.93. The van der Waals surface area contributed by atoms with E-state index >= 15 is 0 Å². The highest BCUT2D eigenvalue weighted by molar-refractivity contribution is 5.96. The van der Waals surface area contributed by atoms with Crippen molar-refractivity contribution in [2.24, 2.45) is 11.1 Å². The quantitative estimate of drug-likeness (QED) is 0.866. The van der Waals surface area contributed by atoms with Crippen LogP contribution in [0.3, 0.4) is 0 Å². The monoisotopic (exact) mass is 296 g/mol. The molecule has 1 aromatic carbocycles. The fourth-order valence-corrected chi connectivity index (χ4v) is 2.68. The van der Waals surface area contributed by atoms with Crippen molar-refractivity contribution in [2.75, 3.05) is 13.1 Å². The summed E-state index contributed by atoms with van der Waals surface area (Å²) in [5.41, 5.74) is 9.12. The lowest BCUT2D eigenvalue weighted by molar-refractivity contribution is 0.0532. The molecule has 1 aromatic rings. The predicted octanol–water partition coefficient (Wildman–Crippen LogP) is 2.92. The lowest BCUT2D eigenvalue weighted by Crippen LogP contribution is -2.54. The first kappa shape index (κ1) is 17.0. The maximum Gasteiger partial charge on any atom is 0.254 e. The van der Waals surface area contributed by atoms with E-state index in [1.54, 1.807) is 0 Å². The molecule has 0 aliphatic carbocycles. The van der Waals surface area contributed by atoms with Crippen molar-refractivity contribution in [3.63, 3.8) is 0 Å². The van der Waals surface area contributed by atoms with Crippen molar-refractivity contribution in [3.05, 3.63) is 34.9 Å². The number of piperidine rings is 1. The summed E-state index contributed by atoms with van der Waals surface area (Å²) in [6.45, 7) is 9.79. The lowest BCUT2D eigenvalue weighted by Gasteiger charge is -2.42. The van der Waals surface area contributed by atoms with Crippen molar-refractivity contribution in [3.8, 4) is 0 Å². The summed E-state index contributed by atoms with van der Waals surface area (Å²) in [5.74, 6) is 0.140. The zero-order valence-corrected chi connectivity index (χ0v) is 13.6. The number of benzene rings is 1. The Morgan fingerprint density at radius 1 is 1.35 bits per heavy atom. The van der Waals surface area contributed by atoms with Gasteiger partial charge in [-0.1, -0.05) is 31.5 Å². The summed E-state index contributed by atoms with van der Waals surface area (Å²) < 4.78 is 0. The molecule has 1 aliphatic heterocycles. The van der Waals surface area contributed by atoms with Crippen molar-refractivity contribution >= 4 is 18.3 Å². The Hall–Kier alpha value is -1.06. The Balaban J connectivity index is 0.00000200. The number of hydrogen-bond donors (Lipinski definition) is 1. The number of halogens is 1. The van der Waals surface area contributed by atoms with Crippen molar-refractivity contribution in [1.82, 2.24) is 4.90 Å². The molecule has 112 valence electrons. The van der Waals surface area contributed by atoms with Crippen LogP contribution >= 0.6 is 12.4 Å². The van der Waals surface area contributed by atoms with E-state index in [0.717, 1.165) is 36.2 Å². The third-order valence-corrected chi connectivity index (χ3v) is 4.22. The molecule has 1 heterocycles. The van der Waals surface area contributed by atoms with E-state index in [-0.39, 0.29) is 29.8 Å². The summed E-state index contributed by atoms with van der Waals surface area (Å²) in [5, 5.41) is 0. The number of likely N-dealkylation sites (tertiary alicyclic amines) is 1. The van der Waals surface area contributed by atoms with Crippen molar-refractivity contribution in [1.29, 1.82) is 0 Å². The van der Waals surface area contributed by atoms with Gasteiger partial charge in [-0.25, -0.2) is 0 Å². The van der Waals surface area contributed by atoms with Gasteiger partial charge in [-0.15, -0.1) is 12.4 Å². The summed E-state index contributed by atoms with van der Waals surface area (Å²) >= 11 is 0. The third kappa shape index (κ3) is 3.33. The van der Waals surface area contributed by atoms with Gasteiger partial charge in [-0.05, 0) is 37.3 Å². The molecule has 0 radical (unpaired) electrons. The minimum absolute atomic E-state index is 0. The minimum Gasteiger partial charge on any atom is -0.338 e. The number of rotatable bonds is 1. The average Bonchev–Trinajstić information content (AvgIpc) is 2.35. The number of nitrogens with two attached hydrogens (primary N) is 1. The lowest BCUT2D eigenvalue weighted by atomic mass is 9.79. The molecule has 3 nitrogen and oxygen atoms in total. The van der Waals surface area contributed by atoms with E-state index in [0.29, 0.717) is 0 Å². The SMILES string of the molecule is Cc1ccc(C)c(C(=O)N2CCC(N)C(C)(C)C2)c1.Cl. The van der Waals surface area contributed by atoms with Crippen LogP contribution in [0.15, 0.2) is 18.2 Å². The zero-order chi connectivity index (χ0) is 14.2. The minimum atomic E-state index is -0.00829. The van der Waals surface area contributed by atoms with Crippen LogP contribution in [-0.4, -0.2) is 29.9 Å². The molecule has 1 fully saturated rings. The molecule has 1 atom stereocenters. The highest BCUT2D eigenvalue weighted by Gasteiger charge is 2.35. The Labute approximate surface area is 127 Å². The maximum atomic E-state index is 12.7. The van der Waals surface area contributed by atoms with Crippen LogP contribution in [0.2, 0.25) is 0 Å². The summed E-state index contributed by atoms with van der Waals surface area (Å²) in [7, 11) is 0. The molecule has 0 bridgehead atoms. The predicted molar refractivity (Wildman–Crippen MR) is 85.4 cm³/mol. The molecule has 0 aromatic heterocycles. The van der Waals surface area contributed by atoms with E-state index in [4.69, 9.17) is 5.73 Å². The van der Waals surface area contributed by atoms with Crippen LogP contribution in [0.25, 0.3) is 0 Å². The second-order valence-corrected chi connectivity index (χ2v) is 6.43. The number of hydrogen-bond acceptors (Lipinski definition) is 2. The van der Waals surface area contributed by atoms with Crippen LogP contribution in [0, 0.1) is 19.3 Å². The van der Waals surface area contributed by atoms with E-state index in [1.807, 2.05) is 36.9 Å². The van der Waals surface area contributed by atoms with Crippen molar-refractivity contribution in [2.45, 2.75) is 40.2 Å². The summed E-state index contributed by atoms with van der Waals surface area (Å²) in [6, 6.07) is 6.22. The smallest absolute Gasteiger partial charge is 0.254 e. The Morgan fingerprint density at radius 3 is 2.60 bits per heavy atom. The maximum absolute atomic E-state index is 12.7. The van der Waals surface area contributed by atoms with Crippen LogP contribution in [0.1, 0.15) is 41.8 Å². The van der Waals surface area contributed by atoms with Crippen LogP contribution in [-0.2, 0) is 0 Å². The number of carbonyl (C=O) groups excluding carboxylic acids is 1. The van der Waals surface area contributed by atoms with Gasteiger partial charge in [0.2, 0.25) is 0 Å². The first-order valence-corrected chi connectivity index (χ1v) is 6.93. The van der Waals surface area contributed by atoms with Gasteiger partial charge in [0.1, 0.15) is 0 Å². The summed E-state index contributed by atoms with van der Waals surface area (Å²) in [6.07, 6.45) is 0.879. The van der Waals surface area contributed by atoms with Gasteiger partial charge in [0.25, 0.3) is 5.91 Å². The Bertz CT molecular complexity index is 499. The summed E-state index contributed by atoms with van der Waals surface area (Å²) in [4.78, 5) is 14.6. The van der Waals surface area contributed by atoms with Gasteiger partial charge < -0.3 is 10.6 Å². The highest BCUT2D eigenvalue weighted by atomic mass is 35.5. The van der Waals surface area contributed by atoms with Gasteiger partial charge in [-0.2, -0.15) is 0 Å². The molecule has 1 unspecified atom stereocenters. The Kier molecular flexibility index (Phi) is 5.22. The molecular formula is C16H25ClN2O. The van der Waals surface area contributed by atoms with Gasteiger partial charge in [0.15, 0.2) is 0 Å². The molecule has 0 spiro atoms. The second kappa shape index (κ2) is 6.15. The standard InChI is InChI=1S/C16H24N2O.ClH/c1-11-5-6-12(2)13(9-11)15(19)18-8-7-14(17)16(3,4)10-18;/h5-6,9,14H,7-8,10,17H2,1-4H3;1H. The van der Waals surface area contributed by atoms with E-state index in [9.17, 15) is 4.79 Å². The van der Waals surface area contributed by atoms with Crippen LogP contribution in [0.4, 0.5) is 0 Å². The molecule has 2 N–H and O–H groups in total. The number of nitrogens with zero attached hydrogens (tertiary/aromatic N) is 1. The number of amides is 1. The van der Waals surface area contributed by atoms with Gasteiger partial charge >= 0.3 is 0 Å². The molecule has 1 aliphatic rings. The van der Waals surface area contributed by atoms with Gasteiger partial charge in [-0.3, -0.25) is 4.79 Å². The molecular weight excluding hydrogens is 272 g/mol. The first-order chi connectivity index (χ1) is 8.81.